The number of hydrogen-bond acceptors (Lipinski definition) is 7. The second-order valence-electron chi connectivity index (χ2n) is 10.1. The van der Waals surface area contributed by atoms with Crippen molar-refractivity contribution in [3.8, 4) is 22.1 Å². The summed E-state index contributed by atoms with van der Waals surface area (Å²) in [5.74, 6) is -0.0345. The molecule has 2 aliphatic heterocycles. The van der Waals surface area contributed by atoms with E-state index in [4.69, 9.17) is 4.74 Å². The summed E-state index contributed by atoms with van der Waals surface area (Å²) in [6, 6.07) is 11.1. The molecule has 41 heavy (non-hydrogen) atoms. The number of halogens is 1. The Kier molecular flexibility index (Phi) is 7.23. The summed E-state index contributed by atoms with van der Waals surface area (Å²) in [5.41, 5.74) is 2.72. The number of carbonyl (C=O) groups is 3. The minimum Gasteiger partial charge on any atom is -0.453 e. The van der Waals surface area contributed by atoms with Crippen LogP contribution in [0.2, 0.25) is 0 Å². The van der Waals surface area contributed by atoms with Gasteiger partial charge < -0.3 is 25.2 Å². The standard InChI is InChI=1S/C29H27FN6O4S/c1-17(37)36-15-20(16-36)34-29(39)33-19-5-7-24(21(30)11-19)40-25-8-9-31-23-12-26(41-28(23)25)22-6-4-18(13-32-22)14-35-10-2-3-27(35)38/h4-9,11-13,20H,2-3,10,14-16H2,1H3,(H2,33,34,39). The van der Waals surface area contributed by atoms with Gasteiger partial charge in [-0.05, 0) is 36.2 Å². The first kappa shape index (κ1) is 26.6. The van der Waals surface area contributed by atoms with Gasteiger partial charge in [-0.1, -0.05) is 6.07 Å². The van der Waals surface area contributed by atoms with Gasteiger partial charge in [0.1, 0.15) is 5.75 Å². The lowest BCUT2D eigenvalue weighted by molar-refractivity contribution is -0.133. The molecule has 3 aromatic heterocycles. The van der Waals surface area contributed by atoms with E-state index in [0.29, 0.717) is 37.3 Å². The Bertz CT molecular complexity index is 1640. The Morgan fingerprint density at radius 3 is 2.68 bits per heavy atom. The molecule has 0 saturated carbocycles. The number of nitrogens with one attached hydrogen (secondary N) is 2. The van der Waals surface area contributed by atoms with Crippen molar-refractivity contribution in [3.05, 3.63) is 66.2 Å². The van der Waals surface area contributed by atoms with E-state index in [2.05, 4.69) is 20.6 Å². The lowest BCUT2D eigenvalue weighted by Crippen LogP contribution is -2.61. The zero-order valence-corrected chi connectivity index (χ0v) is 23.0. The van der Waals surface area contributed by atoms with Gasteiger partial charge in [0, 0.05) is 69.7 Å². The Morgan fingerprint density at radius 1 is 1.12 bits per heavy atom. The Morgan fingerprint density at radius 2 is 1.98 bits per heavy atom. The molecular weight excluding hydrogens is 547 g/mol. The predicted molar refractivity (Wildman–Crippen MR) is 152 cm³/mol. The number of thiophene rings is 1. The van der Waals surface area contributed by atoms with Gasteiger partial charge in [0.05, 0.1) is 26.8 Å². The fourth-order valence-electron chi connectivity index (χ4n) is 4.84. The summed E-state index contributed by atoms with van der Waals surface area (Å²) in [7, 11) is 0. The molecule has 0 atom stereocenters. The van der Waals surface area contributed by atoms with Gasteiger partial charge in [-0.2, -0.15) is 0 Å². The van der Waals surface area contributed by atoms with Crippen LogP contribution in [0.15, 0.2) is 54.9 Å². The highest BCUT2D eigenvalue weighted by Crippen LogP contribution is 2.39. The van der Waals surface area contributed by atoms with Crippen LogP contribution in [0.4, 0.5) is 14.9 Å². The molecule has 4 amide bonds. The second-order valence-corrected chi connectivity index (χ2v) is 11.1. The van der Waals surface area contributed by atoms with Gasteiger partial charge in [0.15, 0.2) is 11.6 Å². The average Bonchev–Trinajstić information content (AvgIpc) is 3.54. The van der Waals surface area contributed by atoms with Crippen LogP contribution < -0.4 is 15.4 Å². The fourth-order valence-corrected chi connectivity index (χ4v) is 5.88. The molecule has 4 aromatic rings. The van der Waals surface area contributed by atoms with E-state index in [1.807, 2.05) is 23.1 Å². The maximum atomic E-state index is 15.0. The van der Waals surface area contributed by atoms with Gasteiger partial charge in [-0.3, -0.25) is 19.6 Å². The SMILES string of the molecule is CC(=O)N1CC(NC(=O)Nc2ccc(Oc3ccnc4cc(-c5ccc(CN6CCCC6=O)cn5)sc34)c(F)c2)C1. The maximum Gasteiger partial charge on any atom is 0.319 e. The van der Waals surface area contributed by atoms with Crippen molar-refractivity contribution in [2.45, 2.75) is 32.4 Å². The molecule has 5 heterocycles. The van der Waals surface area contributed by atoms with Crippen LogP contribution in [0.5, 0.6) is 11.5 Å². The molecular formula is C29H27FN6O4S. The number of ether oxygens (including phenoxy) is 1. The van der Waals surface area contributed by atoms with E-state index in [1.165, 1.54) is 30.4 Å². The maximum absolute atomic E-state index is 15.0. The third-order valence-electron chi connectivity index (χ3n) is 7.07. The second kappa shape index (κ2) is 11.1. The molecule has 1 aromatic carbocycles. The summed E-state index contributed by atoms with van der Waals surface area (Å²) in [6.07, 6.45) is 4.89. The molecule has 2 aliphatic rings. The number of pyridine rings is 2. The van der Waals surface area contributed by atoms with Crippen molar-refractivity contribution in [3.63, 3.8) is 0 Å². The highest BCUT2D eigenvalue weighted by molar-refractivity contribution is 7.22. The normalized spacial score (nSPS) is 15.2. The number of nitrogens with zero attached hydrogens (tertiary/aromatic N) is 4. The van der Waals surface area contributed by atoms with Crippen LogP contribution in [0.1, 0.15) is 25.3 Å². The molecule has 2 fully saturated rings. The largest absolute Gasteiger partial charge is 0.453 e. The first-order valence-corrected chi connectivity index (χ1v) is 14.1. The lowest BCUT2D eigenvalue weighted by atomic mass is 10.1. The van der Waals surface area contributed by atoms with E-state index >= 15 is 0 Å². The molecule has 0 spiro atoms. The van der Waals surface area contributed by atoms with E-state index in [0.717, 1.165) is 33.8 Å². The number of carbonyl (C=O) groups excluding carboxylic acids is 3. The minimum absolute atomic E-state index is 0.00781. The van der Waals surface area contributed by atoms with Gasteiger partial charge >= 0.3 is 6.03 Å². The predicted octanol–water partition coefficient (Wildman–Crippen LogP) is 4.76. The molecule has 12 heteroatoms. The Hall–Kier alpha value is -4.58. The van der Waals surface area contributed by atoms with Gasteiger partial charge in [0.2, 0.25) is 11.8 Å². The van der Waals surface area contributed by atoms with Crippen LogP contribution in [-0.2, 0) is 16.1 Å². The quantitative estimate of drug-likeness (QED) is 0.329. The molecule has 2 saturated heterocycles. The number of hydrogen-bond donors (Lipinski definition) is 2. The van der Waals surface area contributed by atoms with Crippen LogP contribution in [0.3, 0.4) is 0 Å². The van der Waals surface area contributed by atoms with Gasteiger partial charge in [-0.25, -0.2) is 9.18 Å². The first-order valence-electron chi connectivity index (χ1n) is 13.2. The van der Waals surface area contributed by atoms with Crippen molar-refractivity contribution in [1.29, 1.82) is 0 Å². The Labute approximate surface area is 239 Å². The van der Waals surface area contributed by atoms with Crippen LogP contribution in [-0.4, -0.2) is 63.3 Å². The smallest absolute Gasteiger partial charge is 0.319 e. The average molecular weight is 575 g/mol. The number of amides is 4. The summed E-state index contributed by atoms with van der Waals surface area (Å²) >= 11 is 1.44. The number of rotatable bonds is 7. The zero-order chi connectivity index (χ0) is 28.5. The Balaban J connectivity index is 1.12. The number of benzene rings is 1. The summed E-state index contributed by atoms with van der Waals surface area (Å²) in [4.78, 5) is 48.8. The van der Waals surface area contributed by atoms with Crippen molar-refractivity contribution < 1.29 is 23.5 Å². The van der Waals surface area contributed by atoms with Gasteiger partial charge in [0.25, 0.3) is 0 Å². The van der Waals surface area contributed by atoms with E-state index < -0.39 is 11.8 Å². The van der Waals surface area contributed by atoms with Crippen LogP contribution in [0, 0.1) is 5.82 Å². The number of likely N-dealkylation sites (tertiary alicyclic amines) is 2. The highest BCUT2D eigenvalue weighted by Gasteiger charge is 2.29. The van der Waals surface area contributed by atoms with Crippen molar-refractivity contribution in [2.75, 3.05) is 25.0 Å². The van der Waals surface area contributed by atoms with E-state index in [9.17, 15) is 18.8 Å². The zero-order valence-electron chi connectivity index (χ0n) is 22.2. The molecule has 210 valence electrons. The summed E-state index contributed by atoms with van der Waals surface area (Å²) in [5, 5.41) is 5.37. The topological polar surface area (TPSA) is 117 Å². The third kappa shape index (κ3) is 5.82. The van der Waals surface area contributed by atoms with E-state index in [-0.39, 0.29) is 29.3 Å². The van der Waals surface area contributed by atoms with E-state index in [1.54, 1.807) is 29.4 Å². The summed E-state index contributed by atoms with van der Waals surface area (Å²) in [6.45, 7) is 3.73. The monoisotopic (exact) mass is 574 g/mol. The number of anilines is 1. The highest BCUT2D eigenvalue weighted by atomic mass is 32.1. The third-order valence-corrected chi connectivity index (χ3v) is 8.23. The fraction of sp³-hybridized carbons (Fsp3) is 0.276. The molecule has 0 bridgehead atoms. The molecule has 0 radical (unpaired) electrons. The van der Waals surface area contributed by atoms with Crippen molar-refractivity contribution >= 4 is 45.1 Å². The van der Waals surface area contributed by atoms with Crippen LogP contribution in [0.25, 0.3) is 20.8 Å². The molecule has 6 rings (SSSR count). The van der Waals surface area contributed by atoms with Crippen molar-refractivity contribution in [2.24, 2.45) is 0 Å². The van der Waals surface area contributed by atoms with Gasteiger partial charge in [-0.15, -0.1) is 11.3 Å². The first-order chi connectivity index (χ1) is 19.8. The molecule has 0 aliphatic carbocycles. The molecule has 10 nitrogen and oxygen atoms in total. The number of aromatic nitrogens is 2. The molecule has 2 N–H and O–H groups in total. The minimum atomic E-state index is -0.635. The number of fused-ring (bicyclic) bond motifs is 1. The number of urea groups is 1. The van der Waals surface area contributed by atoms with Crippen molar-refractivity contribution in [1.82, 2.24) is 25.1 Å². The lowest BCUT2D eigenvalue weighted by Gasteiger charge is -2.38. The molecule has 0 unspecified atom stereocenters. The van der Waals surface area contributed by atoms with Crippen LogP contribution >= 0.6 is 11.3 Å². The summed E-state index contributed by atoms with van der Waals surface area (Å²) < 4.78 is 21.6.